The van der Waals surface area contributed by atoms with Crippen LogP contribution in [0, 0.1) is 0 Å². The highest BCUT2D eigenvalue weighted by atomic mass is 16.5. The highest BCUT2D eigenvalue weighted by Crippen LogP contribution is 2.30. The summed E-state index contributed by atoms with van der Waals surface area (Å²) >= 11 is 0. The second-order valence-corrected chi connectivity index (χ2v) is 5.75. The van der Waals surface area contributed by atoms with Crippen LogP contribution in [-0.4, -0.2) is 37.6 Å². The highest BCUT2D eigenvalue weighted by molar-refractivity contribution is 5.93. The van der Waals surface area contributed by atoms with Gasteiger partial charge in [-0.1, -0.05) is 6.92 Å². The fourth-order valence-corrected chi connectivity index (χ4v) is 2.67. The highest BCUT2D eigenvalue weighted by Gasteiger charge is 2.15. The van der Waals surface area contributed by atoms with Crippen LogP contribution in [0.1, 0.15) is 35.6 Å². The molecule has 0 atom stereocenters. The third-order valence-electron chi connectivity index (χ3n) is 4.14. The first kappa shape index (κ1) is 17.7. The van der Waals surface area contributed by atoms with Crippen molar-refractivity contribution in [2.45, 2.75) is 33.4 Å². The number of nitrogens with one attached hydrogen (secondary N) is 1. The molecule has 0 saturated carbocycles. The number of carbonyl (C=O) groups excluding carboxylic acids is 1. The predicted octanol–water partition coefficient (Wildman–Crippen LogP) is 2.05. The van der Waals surface area contributed by atoms with Gasteiger partial charge in [-0.25, -0.2) is 15.0 Å². The Morgan fingerprint density at radius 2 is 2.04 bits per heavy atom. The van der Waals surface area contributed by atoms with Crippen molar-refractivity contribution in [1.82, 2.24) is 24.8 Å². The molecule has 0 aromatic carbocycles. The molecule has 0 aliphatic rings. The minimum Gasteiger partial charge on any atom is -0.494 e. The number of rotatable bonds is 6. The SMILES string of the molecule is CCc1ncc(C(=O)NCc2cc3c(O)n(CC)cc3nc2OC)cn1. The average molecular weight is 355 g/mol. The number of aromatic nitrogens is 4. The van der Waals surface area contributed by atoms with Crippen LogP contribution in [0.4, 0.5) is 0 Å². The fraction of sp³-hybridized carbons (Fsp3) is 0.333. The molecule has 0 aliphatic carbocycles. The molecule has 0 bridgehead atoms. The molecule has 0 aliphatic heterocycles. The van der Waals surface area contributed by atoms with Crippen molar-refractivity contribution in [1.29, 1.82) is 0 Å². The van der Waals surface area contributed by atoms with Crippen LogP contribution in [-0.2, 0) is 19.5 Å². The molecule has 0 unspecified atom stereocenters. The topological polar surface area (TPSA) is 102 Å². The molecule has 8 nitrogen and oxygen atoms in total. The van der Waals surface area contributed by atoms with E-state index in [4.69, 9.17) is 4.74 Å². The molecule has 8 heteroatoms. The number of amides is 1. The maximum atomic E-state index is 12.3. The lowest BCUT2D eigenvalue weighted by Gasteiger charge is -2.09. The number of carbonyl (C=O) groups is 1. The zero-order valence-corrected chi connectivity index (χ0v) is 15.0. The van der Waals surface area contributed by atoms with Gasteiger partial charge < -0.3 is 19.7 Å². The molecule has 3 rings (SSSR count). The quantitative estimate of drug-likeness (QED) is 0.702. The molecule has 2 N–H and O–H groups in total. The monoisotopic (exact) mass is 355 g/mol. The second kappa shape index (κ2) is 7.38. The lowest BCUT2D eigenvalue weighted by Crippen LogP contribution is -2.23. The Balaban J connectivity index is 1.82. The molecule has 3 aromatic rings. The molecule has 3 aromatic heterocycles. The second-order valence-electron chi connectivity index (χ2n) is 5.75. The lowest BCUT2D eigenvalue weighted by molar-refractivity contribution is 0.0950. The number of hydrogen-bond acceptors (Lipinski definition) is 6. The Kier molecular flexibility index (Phi) is 5.01. The van der Waals surface area contributed by atoms with Crippen LogP contribution < -0.4 is 10.1 Å². The van der Waals surface area contributed by atoms with Crippen molar-refractivity contribution in [3.05, 3.63) is 41.6 Å². The smallest absolute Gasteiger partial charge is 0.254 e. The molecule has 0 saturated heterocycles. The number of aryl methyl sites for hydroxylation is 2. The zero-order valence-electron chi connectivity index (χ0n) is 15.0. The first-order valence-electron chi connectivity index (χ1n) is 8.42. The molecule has 0 fully saturated rings. The van der Waals surface area contributed by atoms with Crippen LogP contribution in [0.2, 0.25) is 0 Å². The van der Waals surface area contributed by atoms with Gasteiger partial charge in [0.1, 0.15) is 5.82 Å². The van der Waals surface area contributed by atoms with E-state index in [0.29, 0.717) is 46.7 Å². The number of hydrogen-bond donors (Lipinski definition) is 2. The van der Waals surface area contributed by atoms with Crippen LogP contribution in [0.5, 0.6) is 11.8 Å². The minimum atomic E-state index is -0.287. The van der Waals surface area contributed by atoms with Gasteiger partial charge >= 0.3 is 0 Å². The van der Waals surface area contributed by atoms with Gasteiger partial charge in [-0.15, -0.1) is 0 Å². The number of aromatic hydroxyl groups is 1. The van der Waals surface area contributed by atoms with Gasteiger partial charge in [0, 0.05) is 43.7 Å². The molecule has 0 radical (unpaired) electrons. The Bertz CT molecular complexity index is 934. The van der Waals surface area contributed by atoms with E-state index in [2.05, 4.69) is 20.3 Å². The van der Waals surface area contributed by atoms with E-state index in [1.165, 1.54) is 19.5 Å². The van der Waals surface area contributed by atoms with Crippen LogP contribution in [0.25, 0.3) is 10.9 Å². The number of methoxy groups -OCH3 is 1. The first-order chi connectivity index (χ1) is 12.6. The summed E-state index contributed by atoms with van der Waals surface area (Å²) in [6.45, 7) is 4.72. The van der Waals surface area contributed by atoms with Gasteiger partial charge in [-0.05, 0) is 13.0 Å². The summed E-state index contributed by atoms with van der Waals surface area (Å²) in [6, 6.07) is 1.78. The summed E-state index contributed by atoms with van der Waals surface area (Å²) in [7, 11) is 1.52. The van der Waals surface area contributed by atoms with Gasteiger partial charge in [0.05, 0.1) is 23.6 Å². The maximum Gasteiger partial charge on any atom is 0.254 e. The number of pyridine rings is 1. The normalized spacial score (nSPS) is 10.9. The molecule has 136 valence electrons. The maximum absolute atomic E-state index is 12.3. The minimum absolute atomic E-state index is 0.147. The summed E-state index contributed by atoms with van der Waals surface area (Å²) < 4.78 is 7.03. The van der Waals surface area contributed by atoms with Gasteiger partial charge in [0.15, 0.2) is 0 Å². The van der Waals surface area contributed by atoms with Crippen molar-refractivity contribution in [3.63, 3.8) is 0 Å². The van der Waals surface area contributed by atoms with Crippen molar-refractivity contribution in [2.75, 3.05) is 7.11 Å². The van der Waals surface area contributed by atoms with E-state index in [0.717, 1.165) is 0 Å². The van der Waals surface area contributed by atoms with Crippen molar-refractivity contribution in [2.24, 2.45) is 0 Å². The van der Waals surface area contributed by atoms with E-state index in [-0.39, 0.29) is 18.3 Å². The van der Waals surface area contributed by atoms with E-state index >= 15 is 0 Å². The van der Waals surface area contributed by atoms with Gasteiger partial charge in [0.25, 0.3) is 5.91 Å². The average Bonchev–Trinajstić information content (AvgIpc) is 3.00. The largest absolute Gasteiger partial charge is 0.494 e. The molecular formula is C18H21N5O3. The summed E-state index contributed by atoms with van der Waals surface area (Å²) in [5.74, 6) is 0.955. The van der Waals surface area contributed by atoms with Crippen LogP contribution >= 0.6 is 0 Å². The molecule has 1 amide bonds. The van der Waals surface area contributed by atoms with Crippen LogP contribution in [0.15, 0.2) is 24.7 Å². The number of fused-ring (bicyclic) bond motifs is 1. The molecular weight excluding hydrogens is 334 g/mol. The van der Waals surface area contributed by atoms with E-state index in [9.17, 15) is 9.90 Å². The Labute approximate surface area is 150 Å². The lowest BCUT2D eigenvalue weighted by atomic mass is 10.2. The van der Waals surface area contributed by atoms with E-state index in [1.807, 2.05) is 13.8 Å². The Morgan fingerprint density at radius 1 is 1.31 bits per heavy atom. The van der Waals surface area contributed by atoms with Gasteiger partial charge in [-0.2, -0.15) is 0 Å². The summed E-state index contributed by atoms with van der Waals surface area (Å²) in [4.78, 5) is 25.0. The summed E-state index contributed by atoms with van der Waals surface area (Å²) in [5.41, 5.74) is 1.69. The first-order valence-corrected chi connectivity index (χ1v) is 8.42. The third kappa shape index (κ3) is 3.30. The molecule has 3 heterocycles. The van der Waals surface area contributed by atoms with Crippen molar-refractivity contribution in [3.8, 4) is 11.8 Å². The predicted molar refractivity (Wildman–Crippen MR) is 96.2 cm³/mol. The van der Waals surface area contributed by atoms with Gasteiger partial charge in [-0.3, -0.25) is 4.79 Å². The zero-order chi connectivity index (χ0) is 18.7. The van der Waals surface area contributed by atoms with E-state index < -0.39 is 0 Å². The standard InChI is InChI=1S/C18H21N5O3/c1-4-15-19-8-12(9-20-15)16(24)21-7-11-6-13-14(22-17(11)26-3)10-23(5-2)18(13)25/h6,8-10,25H,4-5,7H2,1-3H3,(H,21,24). The number of nitrogens with zero attached hydrogens (tertiary/aromatic N) is 4. The van der Waals surface area contributed by atoms with Crippen molar-refractivity contribution < 1.29 is 14.6 Å². The summed E-state index contributed by atoms with van der Waals surface area (Å²) in [5, 5.41) is 13.7. The third-order valence-corrected chi connectivity index (χ3v) is 4.14. The molecule has 0 spiro atoms. The Morgan fingerprint density at radius 3 is 2.65 bits per heavy atom. The Hall–Kier alpha value is -3.16. The summed E-state index contributed by atoms with van der Waals surface area (Å²) in [6.07, 6.45) is 5.49. The number of ether oxygens (including phenoxy) is 1. The molecule has 26 heavy (non-hydrogen) atoms. The van der Waals surface area contributed by atoms with Crippen LogP contribution in [0.3, 0.4) is 0 Å². The van der Waals surface area contributed by atoms with E-state index in [1.54, 1.807) is 16.8 Å². The fourth-order valence-electron chi connectivity index (χ4n) is 2.67. The van der Waals surface area contributed by atoms with Gasteiger partial charge in [0.2, 0.25) is 11.8 Å². The van der Waals surface area contributed by atoms with Crippen molar-refractivity contribution >= 4 is 16.8 Å².